The molecule has 0 spiro atoms. The fraction of sp³-hybridized carbons (Fsp3) is 0.900. The summed E-state index contributed by atoms with van der Waals surface area (Å²) in [6.45, 7) is 4.76. The summed E-state index contributed by atoms with van der Waals surface area (Å²) in [5, 5.41) is 11.7. The van der Waals surface area contributed by atoms with Gasteiger partial charge in [0.05, 0.1) is 40.3 Å². The Morgan fingerprint density at radius 3 is 1.25 bits per heavy atom. The minimum Gasteiger partial charge on any atom is -0.545 e. The lowest BCUT2D eigenvalue weighted by Gasteiger charge is -2.26. The number of hydrogen-bond acceptors (Lipinski definition) is 8. The SMILES string of the molecule is CCCCCCCC/C=C\CCCCCCCC(=O)OC(COC(=O)CCCCCCCCCCCCCCCCCCCCC)COC(OCC[N+](C)(C)C)C(=O)[O-]. The van der Waals surface area contributed by atoms with Crippen molar-refractivity contribution in [3.8, 4) is 0 Å². The average molecular weight is 838 g/mol. The van der Waals surface area contributed by atoms with Gasteiger partial charge in [-0.2, -0.15) is 0 Å². The van der Waals surface area contributed by atoms with E-state index in [0.717, 1.165) is 51.4 Å². The van der Waals surface area contributed by atoms with Crippen LogP contribution < -0.4 is 5.11 Å². The number of carbonyl (C=O) groups is 3. The van der Waals surface area contributed by atoms with Gasteiger partial charge in [-0.05, 0) is 38.5 Å². The molecule has 2 unspecified atom stereocenters. The summed E-state index contributed by atoms with van der Waals surface area (Å²) in [5.74, 6) is -2.28. The largest absolute Gasteiger partial charge is 0.545 e. The zero-order valence-electron chi connectivity index (χ0n) is 39.4. The van der Waals surface area contributed by atoms with E-state index in [1.54, 1.807) is 0 Å². The van der Waals surface area contributed by atoms with E-state index in [1.165, 1.54) is 148 Å². The van der Waals surface area contributed by atoms with Crippen LogP contribution in [0.1, 0.15) is 232 Å². The lowest BCUT2D eigenvalue weighted by molar-refractivity contribution is -0.870. The third kappa shape index (κ3) is 43.9. The molecule has 0 fully saturated rings. The molecule has 59 heavy (non-hydrogen) atoms. The maximum atomic E-state index is 12.8. The zero-order chi connectivity index (χ0) is 43.5. The van der Waals surface area contributed by atoms with Crippen molar-refractivity contribution >= 4 is 17.9 Å². The molecule has 0 aromatic rings. The lowest BCUT2D eigenvalue weighted by Crippen LogP contribution is -2.44. The van der Waals surface area contributed by atoms with Crippen molar-refractivity contribution in [3.05, 3.63) is 12.2 Å². The van der Waals surface area contributed by atoms with E-state index in [9.17, 15) is 19.5 Å². The fourth-order valence-corrected chi connectivity index (χ4v) is 7.12. The number of hydrogen-bond donors (Lipinski definition) is 0. The van der Waals surface area contributed by atoms with E-state index < -0.39 is 24.3 Å². The van der Waals surface area contributed by atoms with E-state index >= 15 is 0 Å². The summed E-state index contributed by atoms with van der Waals surface area (Å²) in [7, 11) is 5.92. The van der Waals surface area contributed by atoms with E-state index in [4.69, 9.17) is 18.9 Å². The number of carbonyl (C=O) groups excluding carboxylic acids is 3. The maximum absolute atomic E-state index is 12.8. The Hall–Kier alpha value is -1.97. The second kappa shape index (κ2) is 42.7. The van der Waals surface area contributed by atoms with Crippen LogP contribution in [0.25, 0.3) is 0 Å². The number of ether oxygens (including phenoxy) is 4. The molecule has 2 atom stereocenters. The second-order valence-corrected chi connectivity index (χ2v) is 18.1. The molecule has 0 rings (SSSR count). The van der Waals surface area contributed by atoms with Gasteiger partial charge in [-0.3, -0.25) is 9.59 Å². The van der Waals surface area contributed by atoms with Crippen LogP contribution in [0, 0.1) is 0 Å². The highest BCUT2D eigenvalue weighted by molar-refractivity contribution is 5.70. The monoisotopic (exact) mass is 838 g/mol. The Kier molecular flexibility index (Phi) is 41.3. The highest BCUT2D eigenvalue weighted by atomic mass is 16.7. The summed E-state index contributed by atoms with van der Waals surface area (Å²) in [6.07, 6.45) is 42.4. The quantitative estimate of drug-likeness (QED) is 0.0196. The molecule has 9 nitrogen and oxygen atoms in total. The van der Waals surface area contributed by atoms with Crippen molar-refractivity contribution in [3.63, 3.8) is 0 Å². The second-order valence-electron chi connectivity index (χ2n) is 18.1. The van der Waals surface area contributed by atoms with E-state index in [2.05, 4.69) is 26.0 Å². The zero-order valence-corrected chi connectivity index (χ0v) is 39.4. The summed E-state index contributed by atoms with van der Waals surface area (Å²) in [4.78, 5) is 37.1. The van der Waals surface area contributed by atoms with Crippen LogP contribution in [0.2, 0.25) is 0 Å². The molecule has 0 heterocycles. The van der Waals surface area contributed by atoms with E-state index in [1.807, 2.05) is 21.1 Å². The van der Waals surface area contributed by atoms with E-state index in [0.29, 0.717) is 23.9 Å². The van der Waals surface area contributed by atoms with Gasteiger partial charge in [0.1, 0.15) is 13.2 Å². The first kappa shape index (κ1) is 57.0. The lowest BCUT2D eigenvalue weighted by atomic mass is 10.0. The highest BCUT2D eigenvalue weighted by Crippen LogP contribution is 2.16. The first-order chi connectivity index (χ1) is 28.6. The van der Waals surface area contributed by atoms with Crippen molar-refractivity contribution in [2.75, 3.05) is 47.5 Å². The third-order valence-electron chi connectivity index (χ3n) is 11.0. The summed E-state index contributed by atoms with van der Waals surface area (Å²) in [5.41, 5.74) is 0. The van der Waals surface area contributed by atoms with Gasteiger partial charge in [-0.1, -0.05) is 193 Å². The number of allylic oxidation sites excluding steroid dienone is 2. The number of quaternary nitrogens is 1. The van der Waals surface area contributed by atoms with Gasteiger partial charge in [0.2, 0.25) is 0 Å². The van der Waals surface area contributed by atoms with Crippen molar-refractivity contribution in [1.29, 1.82) is 0 Å². The molecule has 0 saturated heterocycles. The molecule has 0 aliphatic rings. The van der Waals surface area contributed by atoms with Gasteiger partial charge < -0.3 is 33.3 Å². The third-order valence-corrected chi connectivity index (χ3v) is 11.0. The van der Waals surface area contributed by atoms with Crippen LogP contribution in [-0.2, 0) is 33.3 Å². The number of esters is 2. The number of carboxylic acid groups (broad SMARTS) is 1. The van der Waals surface area contributed by atoms with Crippen molar-refractivity contribution in [2.45, 2.75) is 245 Å². The summed E-state index contributed by atoms with van der Waals surface area (Å²) >= 11 is 0. The minimum absolute atomic E-state index is 0.149. The average Bonchev–Trinajstić information content (AvgIpc) is 3.19. The number of nitrogens with zero attached hydrogens (tertiary/aromatic N) is 1. The Labute approximate surface area is 364 Å². The maximum Gasteiger partial charge on any atom is 0.306 e. The number of rotatable bonds is 46. The highest BCUT2D eigenvalue weighted by Gasteiger charge is 2.22. The molecule has 0 aliphatic heterocycles. The molecule has 0 amide bonds. The van der Waals surface area contributed by atoms with Crippen LogP contribution in [0.3, 0.4) is 0 Å². The van der Waals surface area contributed by atoms with Gasteiger partial charge >= 0.3 is 11.9 Å². The van der Waals surface area contributed by atoms with E-state index in [-0.39, 0.29) is 32.2 Å². The molecule has 0 N–H and O–H groups in total. The predicted molar refractivity (Wildman–Crippen MR) is 242 cm³/mol. The van der Waals surface area contributed by atoms with Crippen LogP contribution >= 0.6 is 0 Å². The van der Waals surface area contributed by atoms with Gasteiger partial charge in [0, 0.05) is 12.8 Å². The normalized spacial score (nSPS) is 12.9. The van der Waals surface area contributed by atoms with Gasteiger partial charge in [-0.25, -0.2) is 0 Å². The van der Waals surface area contributed by atoms with Gasteiger partial charge in [0.25, 0.3) is 0 Å². The molecule has 0 aromatic heterocycles. The predicted octanol–water partition coefficient (Wildman–Crippen LogP) is 12.1. The molecule has 0 saturated carbocycles. The van der Waals surface area contributed by atoms with Crippen molar-refractivity contribution < 1.29 is 42.9 Å². The Morgan fingerprint density at radius 2 is 0.864 bits per heavy atom. The Balaban J connectivity index is 4.33. The molecule has 0 radical (unpaired) electrons. The smallest absolute Gasteiger partial charge is 0.306 e. The number of aliphatic carboxylic acids is 1. The van der Waals surface area contributed by atoms with Crippen LogP contribution in [0.5, 0.6) is 0 Å². The molecule has 0 aromatic carbocycles. The standard InChI is InChI=1S/C50H95NO8/c1-6-8-10-12-14-16-18-20-22-23-24-25-27-28-30-32-34-36-38-40-47(52)57-44-46(45-58-50(49(54)55)56-43-42-51(3,4)5)59-48(53)41-39-37-35-33-31-29-26-21-19-17-15-13-11-9-7-2/h21,26,46,50H,6-20,22-25,27-45H2,1-5H3/b26-21-. The van der Waals surface area contributed by atoms with Gasteiger partial charge in [-0.15, -0.1) is 0 Å². The molecule has 0 aliphatic carbocycles. The van der Waals surface area contributed by atoms with Crippen LogP contribution in [0.4, 0.5) is 0 Å². The van der Waals surface area contributed by atoms with Crippen molar-refractivity contribution in [1.82, 2.24) is 0 Å². The van der Waals surface area contributed by atoms with Crippen molar-refractivity contribution in [2.24, 2.45) is 0 Å². The molecule has 348 valence electrons. The first-order valence-corrected chi connectivity index (χ1v) is 24.8. The molecule has 9 heteroatoms. The van der Waals surface area contributed by atoms with Crippen LogP contribution in [-0.4, -0.2) is 82.3 Å². The first-order valence-electron chi connectivity index (χ1n) is 24.8. The molecule has 0 bridgehead atoms. The fourth-order valence-electron chi connectivity index (χ4n) is 7.12. The Bertz CT molecular complexity index is 980. The minimum atomic E-state index is -1.62. The number of unbranched alkanes of at least 4 members (excludes halogenated alkanes) is 29. The molecular weight excluding hydrogens is 743 g/mol. The number of likely N-dealkylation sites (N-methyl/N-ethyl adjacent to an activating group) is 1. The van der Waals surface area contributed by atoms with Gasteiger partial charge in [0.15, 0.2) is 12.4 Å². The number of carboxylic acids is 1. The summed E-state index contributed by atoms with van der Waals surface area (Å²) in [6, 6.07) is 0. The topological polar surface area (TPSA) is 111 Å². The molecular formula is C50H95NO8. The summed E-state index contributed by atoms with van der Waals surface area (Å²) < 4.78 is 22.6. The van der Waals surface area contributed by atoms with Crippen LogP contribution in [0.15, 0.2) is 12.2 Å². The Morgan fingerprint density at radius 1 is 0.492 bits per heavy atom.